The SMILES string of the molecule is COC(=O)Nc1ncsc1-c1ccccc1. The van der Waals surface area contributed by atoms with Crippen LogP contribution in [0.1, 0.15) is 0 Å². The molecule has 0 atom stereocenters. The number of carbonyl (C=O) groups excluding carboxylic acids is 1. The average molecular weight is 234 g/mol. The number of carbonyl (C=O) groups is 1. The molecule has 5 heteroatoms. The normalized spacial score (nSPS) is 9.81. The number of benzene rings is 1. The maximum absolute atomic E-state index is 11.1. The van der Waals surface area contributed by atoms with Crippen molar-refractivity contribution >= 4 is 23.2 Å². The molecule has 0 spiro atoms. The van der Waals surface area contributed by atoms with Gasteiger partial charge < -0.3 is 4.74 Å². The van der Waals surface area contributed by atoms with Gasteiger partial charge in [0, 0.05) is 0 Å². The Morgan fingerprint density at radius 1 is 1.38 bits per heavy atom. The topological polar surface area (TPSA) is 51.2 Å². The molecule has 0 saturated heterocycles. The van der Waals surface area contributed by atoms with E-state index >= 15 is 0 Å². The summed E-state index contributed by atoms with van der Waals surface area (Å²) in [4.78, 5) is 16.1. The summed E-state index contributed by atoms with van der Waals surface area (Å²) in [6.07, 6.45) is -0.511. The highest BCUT2D eigenvalue weighted by Crippen LogP contribution is 2.30. The third-order valence-corrected chi connectivity index (χ3v) is 2.88. The molecule has 4 nitrogen and oxygen atoms in total. The molecule has 0 bridgehead atoms. The number of hydrogen-bond acceptors (Lipinski definition) is 4. The fourth-order valence-electron chi connectivity index (χ4n) is 1.28. The largest absolute Gasteiger partial charge is 0.453 e. The quantitative estimate of drug-likeness (QED) is 0.869. The van der Waals surface area contributed by atoms with Crippen molar-refractivity contribution in [3.63, 3.8) is 0 Å². The third kappa shape index (κ3) is 2.20. The van der Waals surface area contributed by atoms with Gasteiger partial charge in [-0.15, -0.1) is 11.3 Å². The number of aromatic nitrogens is 1. The molecule has 2 aromatic rings. The van der Waals surface area contributed by atoms with Crippen molar-refractivity contribution < 1.29 is 9.53 Å². The first-order valence-corrected chi connectivity index (χ1v) is 5.53. The Morgan fingerprint density at radius 2 is 2.12 bits per heavy atom. The maximum atomic E-state index is 11.1. The maximum Gasteiger partial charge on any atom is 0.412 e. The van der Waals surface area contributed by atoms with Gasteiger partial charge in [-0.1, -0.05) is 30.3 Å². The van der Waals surface area contributed by atoms with Crippen LogP contribution in [0.4, 0.5) is 10.6 Å². The molecule has 0 radical (unpaired) electrons. The Balaban J connectivity index is 2.29. The molecule has 16 heavy (non-hydrogen) atoms. The van der Waals surface area contributed by atoms with Crippen molar-refractivity contribution in [3.05, 3.63) is 35.8 Å². The summed E-state index contributed by atoms with van der Waals surface area (Å²) < 4.78 is 4.53. The Hall–Kier alpha value is -1.88. The molecule has 0 aliphatic rings. The molecule has 1 heterocycles. The lowest BCUT2D eigenvalue weighted by Crippen LogP contribution is -2.11. The van der Waals surface area contributed by atoms with Crippen LogP contribution in [0.2, 0.25) is 0 Å². The van der Waals surface area contributed by atoms with Crippen LogP contribution in [-0.2, 0) is 4.74 Å². The van der Waals surface area contributed by atoms with Crippen molar-refractivity contribution in [1.82, 2.24) is 4.98 Å². The number of rotatable bonds is 2. The lowest BCUT2D eigenvalue weighted by atomic mass is 10.2. The monoisotopic (exact) mass is 234 g/mol. The van der Waals surface area contributed by atoms with Crippen LogP contribution in [0.5, 0.6) is 0 Å². The first kappa shape index (κ1) is 10.6. The molecule has 0 saturated carbocycles. The number of hydrogen-bond donors (Lipinski definition) is 1. The number of nitrogens with zero attached hydrogens (tertiary/aromatic N) is 1. The van der Waals surface area contributed by atoms with Crippen LogP contribution in [-0.4, -0.2) is 18.2 Å². The molecular formula is C11H10N2O2S. The van der Waals surface area contributed by atoms with Gasteiger partial charge in [-0.2, -0.15) is 0 Å². The van der Waals surface area contributed by atoms with E-state index in [0.717, 1.165) is 10.4 Å². The van der Waals surface area contributed by atoms with E-state index in [4.69, 9.17) is 0 Å². The second kappa shape index (κ2) is 4.76. The number of nitrogens with one attached hydrogen (secondary N) is 1. The lowest BCUT2D eigenvalue weighted by molar-refractivity contribution is 0.187. The summed E-state index contributed by atoms with van der Waals surface area (Å²) in [6.45, 7) is 0. The molecule has 82 valence electrons. The summed E-state index contributed by atoms with van der Waals surface area (Å²) in [5.41, 5.74) is 2.71. The molecule has 0 fully saturated rings. The number of amides is 1. The molecule has 1 aromatic heterocycles. The van der Waals surface area contributed by atoms with Gasteiger partial charge in [0.25, 0.3) is 0 Å². The van der Waals surface area contributed by atoms with Gasteiger partial charge in [-0.25, -0.2) is 9.78 Å². The predicted molar refractivity (Wildman–Crippen MR) is 63.6 cm³/mol. The standard InChI is InChI=1S/C11H10N2O2S/c1-15-11(14)13-10-9(16-7-12-10)8-5-3-2-4-6-8/h2-7H,1H3,(H,13,14). The van der Waals surface area contributed by atoms with Gasteiger partial charge >= 0.3 is 6.09 Å². The number of methoxy groups -OCH3 is 1. The molecule has 0 aliphatic heterocycles. The number of anilines is 1. The van der Waals surface area contributed by atoms with Gasteiger partial charge in [-0.05, 0) is 5.56 Å². The van der Waals surface area contributed by atoms with Crippen molar-refractivity contribution in [2.45, 2.75) is 0 Å². The molecular weight excluding hydrogens is 224 g/mol. The van der Waals surface area contributed by atoms with Gasteiger partial charge in [0.05, 0.1) is 17.5 Å². The smallest absolute Gasteiger partial charge is 0.412 e. The minimum Gasteiger partial charge on any atom is -0.453 e. The summed E-state index contributed by atoms with van der Waals surface area (Å²) in [5.74, 6) is 0.531. The van der Waals surface area contributed by atoms with Crippen molar-refractivity contribution in [2.24, 2.45) is 0 Å². The number of ether oxygens (including phenoxy) is 1. The minimum atomic E-state index is -0.511. The first-order valence-electron chi connectivity index (χ1n) is 4.65. The second-order valence-corrected chi connectivity index (χ2v) is 3.87. The lowest BCUT2D eigenvalue weighted by Gasteiger charge is -2.03. The Bertz CT molecular complexity index is 482. The van der Waals surface area contributed by atoms with E-state index in [1.54, 1.807) is 5.51 Å². The molecule has 0 aliphatic carbocycles. The molecule has 1 N–H and O–H groups in total. The summed E-state index contributed by atoms with van der Waals surface area (Å²) >= 11 is 1.47. The van der Waals surface area contributed by atoms with Crippen LogP contribution in [0.3, 0.4) is 0 Å². The minimum absolute atomic E-state index is 0.511. The van der Waals surface area contributed by atoms with Crippen LogP contribution >= 0.6 is 11.3 Å². The van der Waals surface area contributed by atoms with E-state index in [2.05, 4.69) is 15.0 Å². The van der Waals surface area contributed by atoms with E-state index in [1.807, 2.05) is 30.3 Å². The van der Waals surface area contributed by atoms with Gasteiger partial charge in [0.2, 0.25) is 0 Å². The highest BCUT2D eigenvalue weighted by molar-refractivity contribution is 7.13. The highest BCUT2D eigenvalue weighted by atomic mass is 32.1. The Morgan fingerprint density at radius 3 is 2.81 bits per heavy atom. The van der Waals surface area contributed by atoms with E-state index < -0.39 is 6.09 Å². The number of thiazole rings is 1. The van der Waals surface area contributed by atoms with Crippen molar-refractivity contribution in [1.29, 1.82) is 0 Å². The van der Waals surface area contributed by atoms with E-state index in [9.17, 15) is 4.79 Å². The molecule has 2 rings (SSSR count). The predicted octanol–water partition coefficient (Wildman–Crippen LogP) is 2.99. The van der Waals surface area contributed by atoms with Gasteiger partial charge in [0.1, 0.15) is 0 Å². The van der Waals surface area contributed by atoms with Crippen LogP contribution in [0.15, 0.2) is 35.8 Å². The Labute approximate surface area is 96.9 Å². The zero-order valence-corrected chi connectivity index (χ0v) is 9.45. The van der Waals surface area contributed by atoms with E-state index in [-0.39, 0.29) is 0 Å². The Kier molecular flexibility index (Phi) is 3.16. The van der Waals surface area contributed by atoms with Crippen LogP contribution in [0, 0.1) is 0 Å². The van der Waals surface area contributed by atoms with E-state index in [0.29, 0.717) is 5.82 Å². The fourth-order valence-corrected chi connectivity index (χ4v) is 2.03. The van der Waals surface area contributed by atoms with Crippen molar-refractivity contribution in [2.75, 3.05) is 12.4 Å². The highest BCUT2D eigenvalue weighted by Gasteiger charge is 2.10. The molecule has 1 amide bonds. The molecule has 1 aromatic carbocycles. The average Bonchev–Trinajstić information content (AvgIpc) is 2.78. The van der Waals surface area contributed by atoms with Crippen molar-refractivity contribution in [3.8, 4) is 10.4 Å². The van der Waals surface area contributed by atoms with Gasteiger partial charge in [0.15, 0.2) is 5.82 Å². The van der Waals surface area contributed by atoms with E-state index in [1.165, 1.54) is 18.4 Å². The van der Waals surface area contributed by atoms with Crippen LogP contribution < -0.4 is 5.32 Å². The summed E-state index contributed by atoms with van der Waals surface area (Å²) in [7, 11) is 1.32. The first-order chi connectivity index (χ1) is 7.81. The van der Waals surface area contributed by atoms with Gasteiger partial charge in [-0.3, -0.25) is 5.32 Å². The second-order valence-electron chi connectivity index (χ2n) is 3.01. The third-order valence-electron chi connectivity index (χ3n) is 2.01. The zero-order chi connectivity index (χ0) is 11.4. The molecule has 0 unspecified atom stereocenters. The zero-order valence-electron chi connectivity index (χ0n) is 8.64. The fraction of sp³-hybridized carbons (Fsp3) is 0.0909. The summed E-state index contributed by atoms with van der Waals surface area (Å²) in [5, 5.41) is 2.58. The summed E-state index contributed by atoms with van der Waals surface area (Å²) in [6, 6.07) is 9.76. The van der Waals surface area contributed by atoms with Crippen LogP contribution in [0.25, 0.3) is 10.4 Å².